The third-order valence-electron chi connectivity index (χ3n) is 7.56. The quantitative estimate of drug-likeness (QED) is 0.211. The van der Waals surface area contributed by atoms with Gasteiger partial charge in [0.15, 0.2) is 23.0 Å². The highest BCUT2D eigenvalue weighted by Crippen LogP contribution is 2.41. The average Bonchev–Trinajstić information content (AvgIpc) is 3.01. The molecule has 1 aliphatic heterocycles. The smallest absolute Gasteiger partial charge is 0.161 e. The molecule has 8 nitrogen and oxygen atoms in total. The summed E-state index contributed by atoms with van der Waals surface area (Å²) >= 11 is 0. The van der Waals surface area contributed by atoms with Gasteiger partial charge in [0.05, 0.1) is 26.4 Å². The van der Waals surface area contributed by atoms with Crippen molar-refractivity contribution in [3.8, 4) is 23.0 Å². The van der Waals surface area contributed by atoms with E-state index in [0.717, 1.165) is 70.8 Å². The Morgan fingerprint density at radius 3 is 1.53 bits per heavy atom. The van der Waals surface area contributed by atoms with E-state index in [-0.39, 0.29) is 11.5 Å². The molecule has 4 aromatic rings. The Balaban J connectivity index is 1.40. The molecule has 5 rings (SSSR count). The van der Waals surface area contributed by atoms with Crippen molar-refractivity contribution in [1.29, 1.82) is 0 Å². The summed E-state index contributed by atoms with van der Waals surface area (Å²) in [7, 11) is 0. The van der Waals surface area contributed by atoms with Gasteiger partial charge in [0.1, 0.15) is 13.2 Å². The molecule has 4 aromatic carbocycles. The zero-order chi connectivity index (χ0) is 29.9. The van der Waals surface area contributed by atoms with Crippen LogP contribution in [0.5, 0.6) is 23.0 Å². The SMILES string of the molecule is C=C1Cc2c(O)c(cc3ccccc23)OCCOCCNCCCNCCOCCOc2cc3ccccc3c(c2O)C1. The summed E-state index contributed by atoms with van der Waals surface area (Å²) in [5.41, 5.74) is 2.32. The fourth-order valence-corrected chi connectivity index (χ4v) is 5.41. The molecule has 0 spiro atoms. The second-order valence-corrected chi connectivity index (χ2v) is 10.7. The van der Waals surface area contributed by atoms with Crippen molar-refractivity contribution in [2.24, 2.45) is 0 Å². The maximum absolute atomic E-state index is 11.3. The summed E-state index contributed by atoms with van der Waals surface area (Å²) in [6, 6.07) is 19.6. The molecule has 1 heterocycles. The topological polar surface area (TPSA) is 101 Å². The van der Waals surface area contributed by atoms with Crippen LogP contribution in [0.25, 0.3) is 21.5 Å². The van der Waals surface area contributed by atoms with E-state index in [0.29, 0.717) is 64.0 Å². The Morgan fingerprint density at radius 2 is 1.05 bits per heavy atom. The van der Waals surface area contributed by atoms with Crippen molar-refractivity contribution in [3.05, 3.63) is 83.9 Å². The molecule has 228 valence electrons. The summed E-state index contributed by atoms with van der Waals surface area (Å²) in [5, 5.41) is 33.2. The molecule has 0 saturated heterocycles. The monoisotopic (exact) mass is 586 g/mol. The molecule has 0 radical (unpaired) electrons. The van der Waals surface area contributed by atoms with E-state index in [1.807, 2.05) is 60.7 Å². The lowest BCUT2D eigenvalue weighted by Gasteiger charge is -2.18. The largest absolute Gasteiger partial charge is 0.504 e. The number of aromatic hydroxyl groups is 2. The Kier molecular flexibility index (Phi) is 11.1. The van der Waals surface area contributed by atoms with Gasteiger partial charge < -0.3 is 39.8 Å². The van der Waals surface area contributed by atoms with Gasteiger partial charge in [-0.1, -0.05) is 60.7 Å². The van der Waals surface area contributed by atoms with Gasteiger partial charge in [-0.2, -0.15) is 0 Å². The number of allylic oxidation sites excluding steroid dienone is 1. The van der Waals surface area contributed by atoms with Crippen LogP contribution in [-0.2, 0) is 22.3 Å². The first-order valence-electron chi connectivity index (χ1n) is 15.1. The summed E-state index contributed by atoms with van der Waals surface area (Å²) in [6.45, 7) is 10.4. The van der Waals surface area contributed by atoms with Crippen molar-refractivity contribution in [3.63, 3.8) is 0 Å². The molecular formula is C35H42N2O6. The lowest BCUT2D eigenvalue weighted by Crippen LogP contribution is -2.27. The first-order chi connectivity index (χ1) is 21.1. The highest BCUT2D eigenvalue weighted by Gasteiger charge is 2.18. The van der Waals surface area contributed by atoms with Gasteiger partial charge in [-0.05, 0) is 66.0 Å². The number of phenolic OH excluding ortho intramolecular Hbond substituents is 2. The Hall–Kier alpha value is -3.82. The third-order valence-corrected chi connectivity index (χ3v) is 7.56. The molecule has 8 heteroatoms. The number of phenols is 2. The van der Waals surface area contributed by atoms with Gasteiger partial charge in [0.25, 0.3) is 0 Å². The molecule has 43 heavy (non-hydrogen) atoms. The fourth-order valence-electron chi connectivity index (χ4n) is 5.41. The zero-order valence-electron chi connectivity index (χ0n) is 24.7. The van der Waals surface area contributed by atoms with E-state index in [4.69, 9.17) is 18.9 Å². The molecule has 4 bridgehead atoms. The van der Waals surface area contributed by atoms with Crippen LogP contribution in [0, 0.1) is 0 Å². The Labute approximate surface area is 253 Å². The van der Waals surface area contributed by atoms with Gasteiger partial charge in [0, 0.05) is 24.2 Å². The molecule has 0 fully saturated rings. The number of benzene rings is 4. The van der Waals surface area contributed by atoms with Gasteiger partial charge in [-0.15, -0.1) is 0 Å². The van der Waals surface area contributed by atoms with E-state index >= 15 is 0 Å². The first kappa shape index (κ1) is 30.6. The van der Waals surface area contributed by atoms with Gasteiger partial charge in [-0.25, -0.2) is 0 Å². The van der Waals surface area contributed by atoms with Crippen LogP contribution in [0.1, 0.15) is 17.5 Å². The molecular weight excluding hydrogens is 544 g/mol. The predicted octanol–water partition coefficient (Wildman–Crippen LogP) is 5.12. The second-order valence-electron chi connectivity index (χ2n) is 10.7. The van der Waals surface area contributed by atoms with E-state index < -0.39 is 0 Å². The van der Waals surface area contributed by atoms with Crippen LogP contribution in [0.4, 0.5) is 0 Å². The molecule has 0 amide bonds. The van der Waals surface area contributed by atoms with Gasteiger partial charge in [0.2, 0.25) is 0 Å². The molecule has 1 aliphatic rings. The number of rotatable bonds is 0. The highest BCUT2D eigenvalue weighted by molar-refractivity contribution is 5.91. The van der Waals surface area contributed by atoms with E-state index in [9.17, 15) is 10.2 Å². The van der Waals surface area contributed by atoms with Crippen LogP contribution in [0.3, 0.4) is 0 Å². The van der Waals surface area contributed by atoms with Crippen LogP contribution in [0.2, 0.25) is 0 Å². The fraction of sp³-hybridized carbons (Fsp3) is 0.371. The molecule has 4 N–H and O–H groups in total. The van der Waals surface area contributed by atoms with Crippen molar-refractivity contribution >= 4 is 21.5 Å². The summed E-state index contributed by atoms with van der Waals surface area (Å²) in [6.07, 6.45) is 1.82. The second kappa shape index (κ2) is 15.6. The Bertz CT molecular complexity index is 1410. The van der Waals surface area contributed by atoms with Crippen LogP contribution < -0.4 is 20.1 Å². The van der Waals surface area contributed by atoms with Gasteiger partial charge in [-0.3, -0.25) is 0 Å². The molecule has 0 aliphatic carbocycles. The lowest BCUT2D eigenvalue weighted by atomic mass is 9.92. The molecule has 0 aromatic heterocycles. The molecule has 0 atom stereocenters. The van der Waals surface area contributed by atoms with E-state index in [1.165, 1.54) is 0 Å². The summed E-state index contributed by atoms with van der Waals surface area (Å²) < 4.78 is 23.4. The third kappa shape index (κ3) is 8.18. The van der Waals surface area contributed by atoms with Crippen molar-refractivity contribution in [2.45, 2.75) is 19.3 Å². The maximum Gasteiger partial charge on any atom is 0.161 e. The minimum absolute atomic E-state index is 0.0998. The van der Waals surface area contributed by atoms with Crippen LogP contribution in [0.15, 0.2) is 72.8 Å². The van der Waals surface area contributed by atoms with Gasteiger partial charge >= 0.3 is 0 Å². The zero-order valence-corrected chi connectivity index (χ0v) is 24.7. The number of ether oxygens (including phenoxy) is 4. The molecule has 0 saturated carbocycles. The van der Waals surface area contributed by atoms with Crippen molar-refractivity contribution in [2.75, 3.05) is 65.8 Å². The Morgan fingerprint density at radius 1 is 0.581 bits per heavy atom. The van der Waals surface area contributed by atoms with Crippen molar-refractivity contribution in [1.82, 2.24) is 10.6 Å². The number of nitrogens with one attached hydrogen (secondary N) is 2. The maximum atomic E-state index is 11.3. The first-order valence-corrected chi connectivity index (χ1v) is 15.1. The van der Waals surface area contributed by atoms with Crippen molar-refractivity contribution < 1.29 is 29.2 Å². The number of hydrogen-bond acceptors (Lipinski definition) is 8. The lowest BCUT2D eigenvalue weighted by molar-refractivity contribution is 0.0999. The van der Waals surface area contributed by atoms with E-state index in [2.05, 4.69) is 17.2 Å². The normalized spacial score (nSPS) is 17.3. The highest BCUT2D eigenvalue weighted by atomic mass is 16.5. The minimum atomic E-state index is 0.0998. The number of fused-ring (bicyclic) bond motifs is 8. The summed E-state index contributed by atoms with van der Waals surface area (Å²) in [4.78, 5) is 0. The predicted molar refractivity (Wildman–Crippen MR) is 171 cm³/mol. The standard InChI is InChI=1S/C35H42N2O6/c1-25-21-30-28-9-4-2-7-26(28)23-32(34(30)38)42-19-17-40-15-13-36-11-6-12-37-14-16-41-18-20-43-33-24-27-8-3-5-10-29(27)31(22-25)35(33)39/h2-5,7-10,23-24,36-39H,1,6,11-22H2. The number of hydrogen-bond donors (Lipinski definition) is 4. The summed E-state index contributed by atoms with van der Waals surface area (Å²) in [5.74, 6) is 1.04. The van der Waals surface area contributed by atoms with E-state index in [1.54, 1.807) is 0 Å². The van der Waals surface area contributed by atoms with Crippen LogP contribution in [-0.4, -0.2) is 76.0 Å². The molecule has 0 unspecified atom stereocenters. The average molecular weight is 587 g/mol. The minimum Gasteiger partial charge on any atom is -0.504 e. The van der Waals surface area contributed by atoms with Crippen LogP contribution >= 0.6 is 0 Å².